The van der Waals surface area contributed by atoms with Gasteiger partial charge in [0.2, 0.25) is 5.88 Å². The van der Waals surface area contributed by atoms with Crippen LogP contribution in [-0.2, 0) is 6.18 Å². The minimum atomic E-state index is -4.47. The molecule has 166 valence electrons. The Hall–Kier alpha value is -3.10. The van der Waals surface area contributed by atoms with E-state index in [0.29, 0.717) is 17.6 Å². The summed E-state index contributed by atoms with van der Waals surface area (Å²) in [7, 11) is 0. The van der Waals surface area contributed by atoms with Crippen molar-refractivity contribution in [1.82, 2.24) is 10.3 Å². The summed E-state index contributed by atoms with van der Waals surface area (Å²) >= 11 is 0. The molecule has 2 atom stereocenters. The third kappa shape index (κ3) is 6.44. The molecule has 1 saturated carbocycles. The van der Waals surface area contributed by atoms with Crippen LogP contribution < -0.4 is 10.6 Å². The molecule has 1 aliphatic carbocycles. The molecule has 3 rings (SSSR count). The van der Waals surface area contributed by atoms with E-state index in [4.69, 9.17) is 0 Å². The number of aromatic nitrogens is 1. The maximum absolute atomic E-state index is 12.8. The van der Waals surface area contributed by atoms with Crippen LogP contribution in [0.3, 0.4) is 0 Å². The number of hydrogen-bond donors (Lipinski definition) is 3. The molecule has 1 aliphatic rings. The van der Waals surface area contributed by atoms with Crippen molar-refractivity contribution in [2.75, 3.05) is 11.9 Å². The van der Waals surface area contributed by atoms with Gasteiger partial charge < -0.3 is 15.7 Å². The van der Waals surface area contributed by atoms with Crippen molar-refractivity contribution in [2.45, 2.75) is 44.8 Å². The molecule has 1 amide bonds. The van der Waals surface area contributed by atoms with Gasteiger partial charge in [-0.3, -0.25) is 4.79 Å². The van der Waals surface area contributed by atoms with Crippen molar-refractivity contribution in [3.05, 3.63) is 53.6 Å². The lowest BCUT2D eigenvalue weighted by atomic mass is 9.86. The van der Waals surface area contributed by atoms with Crippen LogP contribution in [0.15, 0.2) is 47.5 Å². The fourth-order valence-corrected chi connectivity index (χ4v) is 3.55. The smallest absolute Gasteiger partial charge is 0.416 e. The van der Waals surface area contributed by atoms with Gasteiger partial charge in [-0.15, -0.1) is 0 Å². The van der Waals surface area contributed by atoms with Gasteiger partial charge in [-0.1, -0.05) is 25.8 Å². The van der Waals surface area contributed by atoms with Gasteiger partial charge in [0.1, 0.15) is 11.7 Å². The highest BCUT2D eigenvalue weighted by Crippen LogP contribution is 2.29. The summed E-state index contributed by atoms with van der Waals surface area (Å²) in [5, 5.41) is 15.9. The molecule has 2 unspecified atom stereocenters. The third-order valence-corrected chi connectivity index (χ3v) is 5.33. The van der Waals surface area contributed by atoms with Crippen molar-refractivity contribution in [2.24, 2.45) is 10.9 Å². The fraction of sp³-hybridized carbons (Fsp3) is 0.409. The summed E-state index contributed by atoms with van der Waals surface area (Å²) in [6, 6.07) is 8.87. The van der Waals surface area contributed by atoms with Crippen LogP contribution >= 0.6 is 0 Å². The first kappa shape index (κ1) is 22.6. The van der Waals surface area contributed by atoms with Crippen LogP contribution in [0.25, 0.3) is 0 Å². The molecule has 0 aliphatic heterocycles. The molecule has 2 aromatic rings. The summed E-state index contributed by atoms with van der Waals surface area (Å²) in [4.78, 5) is 20.7. The standard InChI is InChI=1S/C22H25F3N4O2/c1-14-5-2-3-6-17(14)27-19(13-26-18-7-4-8-20(30)28-18)29-21(31)15-9-11-16(12-10-15)22(23,24)25/h4,7-12,14,17H,2-3,5-6,13H2,1H3,(H2,26,28,30)(H,27,29,31). The lowest BCUT2D eigenvalue weighted by molar-refractivity contribution is -0.137. The second kappa shape index (κ2) is 9.80. The summed E-state index contributed by atoms with van der Waals surface area (Å²) in [5.41, 5.74) is -0.751. The van der Waals surface area contributed by atoms with E-state index >= 15 is 0 Å². The first-order valence-electron chi connectivity index (χ1n) is 10.2. The van der Waals surface area contributed by atoms with Crippen molar-refractivity contribution in [3.8, 4) is 5.88 Å². The van der Waals surface area contributed by atoms with Gasteiger partial charge in [0, 0.05) is 17.7 Å². The Labute approximate surface area is 178 Å². The number of alkyl halides is 3. The predicted octanol–water partition coefficient (Wildman–Crippen LogP) is 4.63. The highest BCUT2D eigenvalue weighted by molar-refractivity contribution is 6.04. The van der Waals surface area contributed by atoms with Gasteiger partial charge in [-0.2, -0.15) is 23.1 Å². The van der Waals surface area contributed by atoms with Crippen LogP contribution in [0, 0.1) is 5.92 Å². The van der Waals surface area contributed by atoms with Crippen LogP contribution in [0.5, 0.6) is 5.88 Å². The molecule has 6 nitrogen and oxygen atoms in total. The number of pyridine rings is 1. The highest BCUT2D eigenvalue weighted by atomic mass is 19.4. The average Bonchev–Trinajstić information content (AvgIpc) is 2.73. The van der Waals surface area contributed by atoms with Crippen molar-refractivity contribution in [1.29, 1.82) is 0 Å². The zero-order valence-electron chi connectivity index (χ0n) is 17.1. The number of anilines is 1. The van der Waals surface area contributed by atoms with Crippen molar-refractivity contribution < 1.29 is 23.1 Å². The van der Waals surface area contributed by atoms with Gasteiger partial charge in [0.15, 0.2) is 0 Å². The molecule has 31 heavy (non-hydrogen) atoms. The Balaban J connectivity index is 1.77. The number of rotatable bonds is 5. The van der Waals surface area contributed by atoms with E-state index in [1.54, 1.807) is 12.1 Å². The quantitative estimate of drug-likeness (QED) is 0.472. The fourth-order valence-electron chi connectivity index (χ4n) is 3.55. The molecular weight excluding hydrogens is 409 g/mol. The normalized spacial score (nSPS) is 19.7. The molecule has 0 bridgehead atoms. The number of nitrogens with one attached hydrogen (secondary N) is 2. The number of halogens is 3. The number of benzene rings is 1. The number of hydrogen-bond acceptors (Lipinski definition) is 4. The number of nitrogens with zero attached hydrogens (tertiary/aromatic N) is 2. The second-order valence-electron chi connectivity index (χ2n) is 7.69. The van der Waals surface area contributed by atoms with Crippen LogP contribution in [0.1, 0.15) is 48.5 Å². The van der Waals surface area contributed by atoms with Crippen molar-refractivity contribution in [3.63, 3.8) is 0 Å². The maximum atomic E-state index is 12.8. The Morgan fingerprint density at radius 2 is 1.87 bits per heavy atom. The number of amidine groups is 1. The van der Waals surface area contributed by atoms with Gasteiger partial charge in [0.05, 0.1) is 12.1 Å². The second-order valence-corrected chi connectivity index (χ2v) is 7.69. The monoisotopic (exact) mass is 434 g/mol. The molecule has 1 heterocycles. The first-order valence-corrected chi connectivity index (χ1v) is 10.2. The lowest BCUT2D eigenvalue weighted by Gasteiger charge is -2.30. The average molecular weight is 434 g/mol. The van der Waals surface area contributed by atoms with Gasteiger partial charge in [0.25, 0.3) is 5.91 Å². The molecule has 9 heteroatoms. The minimum Gasteiger partial charge on any atom is -0.493 e. The minimum absolute atomic E-state index is 0.0690. The third-order valence-electron chi connectivity index (χ3n) is 5.33. The maximum Gasteiger partial charge on any atom is 0.416 e. The topological polar surface area (TPSA) is 86.6 Å². The highest BCUT2D eigenvalue weighted by Gasteiger charge is 2.30. The Morgan fingerprint density at radius 1 is 1.16 bits per heavy atom. The first-order chi connectivity index (χ1) is 14.7. The number of amides is 1. The van der Waals surface area contributed by atoms with Gasteiger partial charge >= 0.3 is 6.18 Å². The molecule has 0 saturated heterocycles. The summed E-state index contributed by atoms with van der Waals surface area (Å²) in [6.45, 7) is 2.28. The van der Waals surface area contributed by atoms with E-state index in [1.807, 2.05) is 0 Å². The summed E-state index contributed by atoms with van der Waals surface area (Å²) in [5.74, 6) is 0.407. The Morgan fingerprint density at radius 3 is 2.52 bits per heavy atom. The van der Waals surface area contributed by atoms with Crippen LogP contribution in [-0.4, -0.2) is 34.4 Å². The van der Waals surface area contributed by atoms with Gasteiger partial charge in [-0.25, -0.2) is 0 Å². The van der Waals surface area contributed by atoms with E-state index in [2.05, 4.69) is 27.5 Å². The lowest BCUT2D eigenvalue weighted by Crippen LogP contribution is -2.44. The van der Waals surface area contributed by atoms with Crippen LogP contribution in [0.4, 0.5) is 19.0 Å². The summed E-state index contributed by atoms with van der Waals surface area (Å²) in [6.07, 6.45) is -0.226. The molecule has 0 spiro atoms. The van der Waals surface area contributed by atoms with E-state index in [0.717, 1.165) is 49.9 Å². The molecule has 1 aromatic carbocycles. The zero-order chi connectivity index (χ0) is 22.4. The van der Waals surface area contributed by atoms with E-state index in [9.17, 15) is 23.1 Å². The van der Waals surface area contributed by atoms with Crippen molar-refractivity contribution >= 4 is 17.6 Å². The molecule has 0 radical (unpaired) electrons. The van der Waals surface area contributed by atoms with E-state index < -0.39 is 17.6 Å². The number of aromatic hydroxyl groups is 1. The SMILES string of the molecule is CC1CCCCC1N/C(CNc1cccc(O)n1)=N/C(=O)c1ccc(C(F)(F)F)cc1. The number of aliphatic imine (C=N–C) groups is 1. The van der Waals surface area contributed by atoms with Crippen LogP contribution in [0.2, 0.25) is 0 Å². The van der Waals surface area contributed by atoms with E-state index in [-0.39, 0.29) is 24.0 Å². The number of carbonyl (C=O) groups is 1. The summed E-state index contributed by atoms with van der Waals surface area (Å²) < 4.78 is 38.3. The van der Waals surface area contributed by atoms with Gasteiger partial charge in [-0.05, 0) is 49.1 Å². The van der Waals surface area contributed by atoms with E-state index in [1.165, 1.54) is 6.07 Å². The largest absolute Gasteiger partial charge is 0.493 e. The number of carbonyl (C=O) groups excluding carboxylic acids is 1. The predicted molar refractivity (Wildman–Crippen MR) is 112 cm³/mol. The molecule has 1 aromatic heterocycles. The Bertz CT molecular complexity index is 929. The Kier molecular flexibility index (Phi) is 7.14. The zero-order valence-corrected chi connectivity index (χ0v) is 17.1. The molecule has 3 N–H and O–H groups in total. The molecule has 1 fully saturated rings. The molecular formula is C22H25F3N4O2.